The van der Waals surface area contributed by atoms with Gasteiger partial charge in [-0.25, -0.2) is 0 Å². The van der Waals surface area contributed by atoms with E-state index in [0.717, 1.165) is 22.1 Å². The quantitative estimate of drug-likeness (QED) is 0.516. The fourth-order valence-corrected chi connectivity index (χ4v) is 4.44. The summed E-state index contributed by atoms with van der Waals surface area (Å²) in [5.41, 5.74) is 0. The van der Waals surface area contributed by atoms with E-state index in [0.29, 0.717) is 19.6 Å². The van der Waals surface area contributed by atoms with E-state index in [2.05, 4.69) is 0 Å². The highest BCUT2D eigenvalue weighted by Crippen LogP contribution is 2.31. The molecule has 4 heteroatoms. The van der Waals surface area contributed by atoms with Gasteiger partial charge in [0.2, 0.25) is 0 Å². The first-order valence-corrected chi connectivity index (χ1v) is 9.51. The van der Waals surface area contributed by atoms with Crippen molar-refractivity contribution >= 4 is 17.1 Å². The van der Waals surface area contributed by atoms with Crippen molar-refractivity contribution in [1.82, 2.24) is 0 Å². The van der Waals surface area contributed by atoms with Gasteiger partial charge in [-0.05, 0) is 24.5 Å². The first-order valence-electron chi connectivity index (χ1n) is 8.69. The van der Waals surface area contributed by atoms with E-state index in [1.54, 1.807) is 0 Å². The van der Waals surface area contributed by atoms with E-state index in [9.17, 15) is 4.79 Å². The van der Waals surface area contributed by atoms with E-state index < -0.39 is 0 Å². The molecule has 1 saturated carbocycles. The molecule has 0 atom stereocenters. The molecule has 1 aliphatic carbocycles. The van der Waals surface area contributed by atoms with Gasteiger partial charge in [0.15, 0.2) is 12.1 Å². The number of Topliss-reactive ketones (excluding diaryl/α,β-unsaturated/α-hetero) is 1. The van der Waals surface area contributed by atoms with Crippen LogP contribution in [0.2, 0.25) is 0 Å². The number of carbonyl (C=O) groups is 1. The molecule has 0 N–H and O–H groups in total. The van der Waals surface area contributed by atoms with Crippen molar-refractivity contribution < 1.29 is 14.3 Å². The average molecular weight is 322 g/mol. The van der Waals surface area contributed by atoms with E-state index >= 15 is 0 Å². The summed E-state index contributed by atoms with van der Waals surface area (Å²) in [5.74, 6) is 1.20. The largest absolute Gasteiger partial charge is 0.345 e. The number of unbranched alkanes of at least 4 members (excludes halogenated alkanes) is 1. The molecule has 0 amide bonds. The molecule has 3 nitrogen and oxygen atoms in total. The summed E-state index contributed by atoms with van der Waals surface area (Å²) in [6, 6.07) is 3.89. The van der Waals surface area contributed by atoms with Crippen LogP contribution in [0.25, 0.3) is 0 Å². The molecule has 3 rings (SSSR count). The van der Waals surface area contributed by atoms with Crippen LogP contribution < -0.4 is 0 Å². The topological polar surface area (TPSA) is 35.5 Å². The number of thiophene rings is 1. The second kappa shape index (κ2) is 8.23. The van der Waals surface area contributed by atoms with Gasteiger partial charge in [0.1, 0.15) is 0 Å². The van der Waals surface area contributed by atoms with Crippen LogP contribution in [-0.2, 0) is 9.47 Å². The van der Waals surface area contributed by atoms with E-state index in [1.807, 2.05) is 12.1 Å². The van der Waals surface area contributed by atoms with Gasteiger partial charge in [-0.15, -0.1) is 11.3 Å². The van der Waals surface area contributed by atoms with Crippen molar-refractivity contribution in [3.05, 3.63) is 21.9 Å². The maximum absolute atomic E-state index is 12.3. The van der Waals surface area contributed by atoms with Crippen LogP contribution in [0.3, 0.4) is 0 Å². The molecule has 0 radical (unpaired) electrons. The zero-order valence-electron chi connectivity index (χ0n) is 13.2. The smallest absolute Gasteiger partial charge is 0.193 e. The molecule has 2 heterocycles. The molecule has 0 spiro atoms. The highest BCUT2D eigenvalue weighted by atomic mass is 32.1. The molecule has 0 bridgehead atoms. The Balaban J connectivity index is 1.38. The maximum Gasteiger partial charge on any atom is 0.193 e. The minimum atomic E-state index is -0.252. The Morgan fingerprint density at radius 1 is 1.09 bits per heavy atom. The van der Waals surface area contributed by atoms with Gasteiger partial charge >= 0.3 is 0 Å². The monoisotopic (exact) mass is 322 g/mol. The second-order valence-electron chi connectivity index (χ2n) is 6.45. The predicted octanol–water partition coefficient (Wildman–Crippen LogP) is 5.12. The molecule has 2 aliphatic rings. The van der Waals surface area contributed by atoms with E-state index in [-0.39, 0.29) is 12.1 Å². The zero-order chi connectivity index (χ0) is 15.2. The second-order valence-corrected chi connectivity index (χ2v) is 7.56. The van der Waals surface area contributed by atoms with Gasteiger partial charge < -0.3 is 9.47 Å². The number of ether oxygens (including phenoxy) is 2. The van der Waals surface area contributed by atoms with Crippen LogP contribution in [0, 0.1) is 5.92 Å². The molecule has 0 aromatic carbocycles. The third kappa shape index (κ3) is 4.40. The Bertz CT molecular complexity index is 470. The fourth-order valence-electron chi connectivity index (χ4n) is 3.47. The lowest BCUT2D eigenvalue weighted by atomic mass is 9.85. The van der Waals surface area contributed by atoms with Gasteiger partial charge in [-0.1, -0.05) is 44.9 Å². The third-order valence-corrected chi connectivity index (χ3v) is 5.89. The summed E-state index contributed by atoms with van der Waals surface area (Å²) in [4.78, 5) is 14.1. The first-order chi connectivity index (χ1) is 10.8. The molecular formula is C18H26O3S. The summed E-state index contributed by atoms with van der Waals surface area (Å²) in [6.07, 6.45) is 11.0. The number of carbonyl (C=O) groups excluding carboxylic acids is 1. The molecule has 2 fully saturated rings. The van der Waals surface area contributed by atoms with Crippen LogP contribution in [0.5, 0.6) is 0 Å². The molecule has 1 aliphatic heterocycles. The summed E-state index contributed by atoms with van der Waals surface area (Å²) in [6.45, 7) is 1.29. The molecule has 122 valence electrons. The number of hydrogen-bond acceptors (Lipinski definition) is 4. The Morgan fingerprint density at radius 3 is 2.64 bits per heavy atom. The lowest BCUT2D eigenvalue weighted by Crippen LogP contribution is -2.06. The van der Waals surface area contributed by atoms with Crippen molar-refractivity contribution in [3.63, 3.8) is 0 Å². The minimum Gasteiger partial charge on any atom is -0.345 e. The summed E-state index contributed by atoms with van der Waals surface area (Å²) in [5, 5.41) is 0. The lowest BCUT2D eigenvalue weighted by Gasteiger charge is -2.21. The Kier molecular flexibility index (Phi) is 6.04. The zero-order valence-corrected chi connectivity index (χ0v) is 14.0. The average Bonchev–Trinajstić information content (AvgIpc) is 3.22. The third-order valence-electron chi connectivity index (χ3n) is 4.75. The maximum atomic E-state index is 12.3. The summed E-state index contributed by atoms with van der Waals surface area (Å²) in [7, 11) is 0. The van der Waals surface area contributed by atoms with Crippen LogP contribution >= 0.6 is 11.3 Å². The van der Waals surface area contributed by atoms with E-state index in [4.69, 9.17) is 9.47 Å². The Morgan fingerprint density at radius 2 is 1.86 bits per heavy atom. The SMILES string of the molecule is O=C(CCCCC1CCCCC1)c1ccc(C2OCCO2)s1. The van der Waals surface area contributed by atoms with Gasteiger partial charge in [0.05, 0.1) is 23.0 Å². The van der Waals surface area contributed by atoms with Gasteiger partial charge in [-0.2, -0.15) is 0 Å². The lowest BCUT2D eigenvalue weighted by molar-refractivity contribution is -0.0413. The number of ketones is 1. The van der Waals surface area contributed by atoms with Crippen LogP contribution in [-0.4, -0.2) is 19.0 Å². The fraction of sp³-hybridized carbons (Fsp3) is 0.722. The number of hydrogen-bond donors (Lipinski definition) is 0. The van der Waals surface area contributed by atoms with Crippen LogP contribution in [0.1, 0.15) is 78.6 Å². The molecule has 1 aromatic heterocycles. The highest BCUT2D eigenvalue weighted by Gasteiger charge is 2.21. The number of rotatable bonds is 7. The molecule has 0 unspecified atom stereocenters. The minimum absolute atomic E-state index is 0.252. The van der Waals surface area contributed by atoms with E-state index in [1.165, 1.54) is 56.3 Å². The molecule has 1 saturated heterocycles. The van der Waals surface area contributed by atoms with Crippen molar-refractivity contribution in [3.8, 4) is 0 Å². The van der Waals surface area contributed by atoms with Crippen molar-refractivity contribution in [1.29, 1.82) is 0 Å². The van der Waals surface area contributed by atoms with Crippen molar-refractivity contribution in [2.45, 2.75) is 64.1 Å². The highest BCUT2D eigenvalue weighted by molar-refractivity contribution is 7.14. The first kappa shape index (κ1) is 16.2. The van der Waals surface area contributed by atoms with Crippen LogP contribution in [0.15, 0.2) is 12.1 Å². The van der Waals surface area contributed by atoms with Gasteiger partial charge in [0.25, 0.3) is 0 Å². The summed E-state index contributed by atoms with van der Waals surface area (Å²) >= 11 is 1.52. The molecule has 1 aromatic rings. The van der Waals surface area contributed by atoms with Gasteiger partial charge in [-0.3, -0.25) is 4.79 Å². The standard InChI is InChI=1S/C18H26O3S/c19-15(9-5-4-8-14-6-2-1-3-7-14)16-10-11-17(22-16)18-20-12-13-21-18/h10-11,14,18H,1-9,12-13H2. The normalized spacial score (nSPS) is 20.5. The molecular weight excluding hydrogens is 296 g/mol. The molecule has 22 heavy (non-hydrogen) atoms. The van der Waals surface area contributed by atoms with Crippen molar-refractivity contribution in [2.24, 2.45) is 5.92 Å². The summed E-state index contributed by atoms with van der Waals surface area (Å²) < 4.78 is 10.9. The Labute approximate surface area is 137 Å². The Hall–Kier alpha value is -0.710. The predicted molar refractivity (Wildman–Crippen MR) is 88.3 cm³/mol. The van der Waals surface area contributed by atoms with Crippen molar-refractivity contribution in [2.75, 3.05) is 13.2 Å². The van der Waals surface area contributed by atoms with Crippen LogP contribution in [0.4, 0.5) is 0 Å². The van der Waals surface area contributed by atoms with Gasteiger partial charge in [0, 0.05) is 6.42 Å².